The van der Waals surface area contributed by atoms with Gasteiger partial charge in [-0.05, 0) is 43.0 Å². The Morgan fingerprint density at radius 2 is 1.67 bits per heavy atom. The Balaban J connectivity index is 1.54. The van der Waals surface area contributed by atoms with Crippen LogP contribution in [0.1, 0.15) is 43.4 Å². The van der Waals surface area contributed by atoms with Gasteiger partial charge in [0.25, 0.3) is 0 Å². The van der Waals surface area contributed by atoms with E-state index in [2.05, 4.69) is 16.0 Å². The van der Waals surface area contributed by atoms with Gasteiger partial charge in [0.1, 0.15) is 5.41 Å². The summed E-state index contributed by atoms with van der Waals surface area (Å²) in [6.45, 7) is 1.59. The number of aliphatic hydroxyl groups excluding tert-OH is 1. The van der Waals surface area contributed by atoms with Crippen LogP contribution in [-0.2, 0) is 21.0 Å². The molecule has 0 spiro atoms. The molecule has 0 heterocycles. The summed E-state index contributed by atoms with van der Waals surface area (Å²) < 4.78 is 0. The molecular weight excluding hydrogens is 382 g/mol. The third-order valence-corrected chi connectivity index (χ3v) is 5.55. The van der Waals surface area contributed by atoms with Crippen LogP contribution in [0.25, 0.3) is 0 Å². The molecule has 7 nitrogen and oxygen atoms in total. The predicted octanol–water partition coefficient (Wildman–Crippen LogP) is 2.28. The quantitative estimate of drug-likeness (QED) is 0.502. The number of aliphatic hydroxyl groups is 1. The maximum absolute atomic E-state index is 12.9. The number of carbonyl (C=O) groups is 3. The van der Waals surface area contributed by atoms with E-state index in [0.29, 0.717) is 18.5 Å². The summed E-state index contributed by atoms with van der Waals surface area (Å²) in [5, 5.41) is 17.3. The van der Waals surface area contributed by atoms with Crippen molar-refractivity contribution in [2.45, 2.75) is 38.8 Å². The fourth-order valence-electron chi connectivity index (χ4n) is 3.48. The molecule has 2 aromatic carbocycles. The van der Waals surface area contributed by atoms with E-state index in [0.717, 1.165) is 17.5 Å². The summed E-state index contributed by atoms with van der Waals surface area (Å²) >= 11 is 0. The zero-order valence-electron chi connectivity index (χ0n) is 17.0. The highest BCUT2D eigenvalue weighted by Gasteiger charge is 2.51. The summed E-state index contributed by atoms with van der Waals surface area (Å²) in [6.07, 6.45) is 1.73. The molecule has 1 aliphatic rings. The van der Waals surface area contributed by atoms with Crippen LogP contribution >= 0.6 is 0 Å². The van der Waals surface area contributed by atoms with Gasteiger partial charge in [-0.25, -0.2) is 0 Å². The van der Waals surface area contributed by atoms with E-state index < -0.39 is 11.3 Å². The Morgan fingerprint density at radius 1 is 1.00 bits per heavy atom. The highest BCUT2D eigenvalue weighted by Crippen LogP contribution is 2.41. The molecule has 7 heteroatoms. The molecule has 2 aromatic rings. The maximum atomic E-state index is 12.9. The van der Waals surface area contributed by atoms with Crippen molar-refractivity contribution in [1.29, 1.82) is 0 Å². The van der Waals surface area contributed by atoms with E-state index in [9.17, 15) is 14.4 Å². The molecular formula is C23H27N3O4. The first-order chi connectivity index (χ1) is 14.4. The van der Waals surface area contributed by atoms with Gasteiger partial charge in [0.2, 0.25) is 17.7 Å². The Labute approximate surface area is 175 Å². The second-order valence-corrected chi connectivity index (χ2v) is 7.63. The van der Waals surface area contributed by atoms with Gasteiger partial charge < -0.3 is 21.1 Å². The van der Waals surface area contributed by atoms with Crippen LogP contribution in [0, 0.1) is 5.41 Å². The zero-order chi connectivity index (χ0) is 21.6. The largest absolute Gasteiger partial charge is 0.392 e. The van der Waals surface area contributed by atoms with Gasteiger partial charge in [-0.15, -0.1) is 0 Å². The topological polar surface area (TPSA) is 108 Å². The minimum Gasteiger partial charge on any atom is -0.392 e. The van der Waals surface area contributed by atoms with E-state index in [1.165, 1.54) is 0 Å². The summed E-state index contributed by atoms with van der Waals surface area (Å²) in [5.41, 5.74) is 1.15. The molecule has 158 valence electrons. The number of nitrogens with one attached hydrogen (secondary N) is 3. The van der Waals surface area contributed by atoms with Gasteiger partial charge in [-0.1, -0.05) is 48.9 Å². The van der Waals surface area contributed by atoms with Crippen molar-refractivity contribution in [3.63, 3.8) is 0 Å². The normalized spacial score (nSPS) is 15.4. The molecule has 0 bridgehead atoms. The van der Waals surface area contributed by atoms with E-state index in [1.807, 2.05) is 37.3 Å². The number of rotatable bonds is 8. The summed E-state index contributed by atoms with van der Waals surface area (Å²) in [4.78, 5) is 37.8. The van der Waals surface area contributed by atoms with Crippen molar-refractivity contribution < 1.29 is 19.5 Å². The average Bonchev–Trinajstić information content (AvgIpc) is 2.72. The van der Waals surface area contributed by atoms with E-state index in [4.69, 9.17) is 5.11 Å². The minimum absolute atomic E-state index is 0.0721. The smallest absolute Gasteiger partial charge is 0.243 e. The third kappa shape index (κ3) is 4.86. The van der Waals surface area contributed by atoms with Gasteiger partial charge in [0.05, 0.1) is 19.2 Å². The molecule has 1 fully saturated rings. The minimum atomic E-state index is -1.12. The van der Waals surface area contributed by atoms with Crippen LogP contribution in [-0.4, -0.2) is 29.4 Å². The maximum Gasteiger partial charge on any atom is 0.243 e. The van der Waals surface area contributed by atoms with Gasteiger partial charge in [-0.2, -0.15) is 0 Å². The SMILES string of the molecule is CC(NC(=O)C1(C(=O)NCC(=O)Nc2ccc(CO)cc2)CCC1)c1ccccc1. The number of amides is 3. The molecule has 1 unspecified atom stereocenters. The molecule has 30 heavy (non-hydrogen) atoms. The van der Waals surface area contributed by atoms with E-state index in [-0.39, 0.29) is 31.0 Å². The fourth-order valence-corrected chi connectivity index (χ4v) is 3.48. The average molecular weight is 409 g/mol. The monoisotopic (exact) mass is 409 g/mol. The standard InChI is InChI=1S/C23H27N3O4/c1-16(18-6-3-2-4-7-18)25-22(30)23(12-5-13-23)21(29)24-14-20(28)26-19-10-8-17(15-27)9-11-19/h2-4,6-11,16,27H,5,12-15H2,1H3,(H,24,29)(H,25,30)(H,26,28). The van der Waals surface area contributed by atoms with Crippen molar-refractivity contribution in [2.24, 2.45) is 5.41 Å². The molecule has 1 saturated carbocycles. The molecule has 0 aliphatic heterocycles. The summed E-state index contributed by atoms with van der Waals surface area (Å²) in [7, 11) is 0. The molecule has 3 rings (SSSR count). The van der Waals surface area contributed by atoms with E-state index in [1.54, 1.807) is 24.3 Å². The van der Waals surface area contributed by atoms with Crippen molar-refractivity contribution in [1.82, 2.24) is 10.6 Å². The third-order valence-electron chi connectivity index (χ3n) is 5.55. The summed E-state index contributed by atoms with van der Waals surface area (Å²) in [5.74, 6) is -1.10. The van der Waals surface area contributed by atoms with Crippen molar-refractivity contribution in [3.8, 4) is 0 Å². The van der Waals surface area contributed by atoms with Crippen LogP contribution in [0.3, 0.4) is 0 Å². The molecule has 0 radical (unpaired) electrons. The Kier molecular flexibility index (Phi) is 6.84. The van der Waals surface area contributed by atoms with Gasteiger partial charge >= 0.3 is 0 Å². The molecule has 4 N–H and O–H groups in total. The number of hydrogen-bond acceptors (Lipinski definition) is 4. The highest BCUT2D eigenvalue weighted by atomic mass is 16.3. The van der Waals surface area contributed by atoms with Crippen molar-refractivity contribution >= 4 is 23.4 Å². The van der Waals surface area contributed by atoms with Gasteiger partial charge in [0, 0.05) is 5.69 Å². The van der Waals surface area contributed by atoms with Crippen LogP contribution in [0.5, 0.6) is 0 Å². The highest BCUT2D eigenvalue weighted by molar-refractivity contribution is 6.07. The number of carbonyl (C=O) groups excluding carboxylic acids is 3. The number of hydrogen-bond donors (Lipinski definition) is 4. The predicted molar refractivity (Wildman–Crippen MR) is 113 cm³/mol. The fraction of sp³-hybridized carbons (Fsp3) is 0.348. The lowest BCUT2D eigenvalue weighted by Gasteiger charge is -2.39. The van der Waals surface area contributed by atoms with Crippen LogP contribution in [0.4, 0.5) is 5.69 Å². The Hall–Kier alpha value is -3.19. The second-order valence-electron chi connectivity index (χ2n) is 7.63. The van der Waals surface area contributed by atoms with Crippen molar-refractivity contribution in [2.75, 3.05) is 11.9 Å². The number of benzene rings is 2. The van der Waals surface area contributed by atoms with Gasteiger partial charge in [-0.3, -0.25) is 14.4 Å². The first-order valence-electron chi connectivity index (χ1n) is 10.1. The first-order valence-corrected chi connectivity index (χ1v) is 10.1. The first kappa shape index (κ1) is 21.5. The van der Waals surface area contributed by atoms with Crippen molar-refractivity contribution in [3.05, 3.63) is 65.7 Å². The molecule has 0 aromatic heterocycles. The molecule has 1 atom stereocenters. The lowest BCUT2D eigenvalue weighted by Crippen LogP contribution is -2.56. The Morgan fingerprint density at radius 3 is 2.23 bits per heavy atom. The lowest BCUT2D eigenvalue weighted by molar-refractivity contribution is -0.150. The van der Waals surface area contributed by atoms with E-state index >= 15 is 0 Å². The van der Waals surface area contributed by atoms with Crippen LogP contribution < -0.4 is 16.0 Å². The molecule has 3 amide bonds. The zero-order valence-corrected chi connectivity index (χ0v) is 17.0. The lowest BCUT2D eigenvalue weighted by atomic mass is 9.67. The van der Waals surface area contributed by atoms with Crippen LogP contribution in [0.2, 0.25) is 0 Å². The Bertz CT molecular complexity index is 892. The summed E-state index contributed by atoms with van der Waals surface area (Å²) in [6, 6.07) is 16.1. The molecule has 0 saturated heterocycles. The number of anilines is 1. The van der Waals surface area contributed by atoms with Gasteiger partial charge in [0.15, 0.2) is 0 Å². The molecule has 1 aliphatic carbocycles. The second kappa shape index (κ2) is 9.54. The van der Waals surface area contributed by atoms with Crippen LogP contribution in [0.15, 0.2) is 54.6 Å².